The first-order chi connectivity index (χ1) is 11.3. The lowest BCUT2D eigenvalue weighted by Crippen LogP contribution is -2.21. The number of fused-ring (bicyclic) bond motifs is 3. The third-order valence-electron chi connectivity index (χ3n) is 3.84. The predicted octanol–water partition coefficient (Wildman–Crippen LogP) is 4.24. The summed E-state index contributed by atoms with van der Waals surface area (Å²) in [6.07, 6.45) is 0. The molecule has 0 fully saturated rings. The quantitative estimate of drug-likeness (QED) is 0.783. The van der Waals surface area contributed by atoms with Crippen LogP contribution in [0.4, 0.5) is 0 Å². The molecule has 0 aliphatic carbocycles. The molecular formula is C19H15NO2S. The fourth-order valence-corrected chi connectivity index (χ4v) is 3.79. The zero-order chi connectivity index (χ0) is 15.6. The molecule has 2 aromatic carbocycles. The largest absolute Gasteiger partial charge is 0.488 e. The SMILES string of the molecule is O=C(NCc1ccccc1)c1cc2c(s1)-c1ccccc1OC2. The lowest BCUT2D eigenvalue weighted by molar-refractivity contribution is 0.0955. The number of carbonyl (C=O) groups is 1. The van der Waals surface area contributed by atoms with Crippen LogP contribution in [0.15, 0.2) is 60.7 Å². The van der Waals surface area contributed by atoms with E-state index >= 15 is 0 Å². The van der Waals surface area contributed by atoms with Gasteiger partial charge >= 0.3 is 0 Å². The molecule has 4 heteroatoms. The van der Waals surface area contributed by atoms with Gasteiger partial charge in [0.2, 0.25) is 0 Å². The maximum Gasteiger partial charge on any atom is 0.261 e. The van der Waals surface area contributed by atoms with Crippen LogP contribution < -0.4 is 10.1 Å². The van der Waals surface area contributed by atoms with Crippen molar-refractivity contribution < 1.29 is 9.53 Å². The topological polar surface area (TPSA) is 38.3 Å². The van der Waals surface area contributed by atoms with Gasteiger partial charge < -0.3 is 10.1 Å². The van der Waals surface area contributed by atoms with Crippen LogP contribution in [0.3, 0.4) is 0 Å². The molecular weight excluding hydrogens is 306 g/mol. The van der Waals surface area contributed by atoms with E-state index in [1.807, 2.05) is 60.7 Å². The molecule has 3 aromatic rings. The van der Waals surface area contributed by atoms with Crippen molar-refractivity contribution >= 4 is 17.2 Å². The number of rotatable bonds is 3. The minimum absolute atomic E-state index is 0.0364. The molecule has 1 N–H and O–H groups in total. The van der Waals surface area contributed by atoms with Gasteiger partial charge in [-0.25, -0.2) is 0 Å². The van der Waals surface area contributed by atoms with Gasteiger partial charge in [-0.1, -0.05) is 42.5 Å². The zero-order valence-corrected chi connectivity index (χ0v) is 13.2. The van der Waals surface area contributed by atoms with E-state index in [0.717, 1.165) is 32.2 Å². The Morgan fingerprint density at radius 3 is 2.74 bits per heavy atom. The van der Waals surface area contributed by atoms with Crippen molar-refractivity contribution in [2.75, 3.05) is 0 Å². The summed E-state index contributed by atoms with van der Waals surface area (Å²) >= 11 is 1.53. The van der Waals surface area contributed by atoms with Crippen molar-refractivity contribution in [2.24, 2.45) is 0 Å². The van der Waals surface area contributed by atoms with Crippen LogP contribution in [0.5, 0.6) is 5.75 Å². The van der Waals surface area contributed by atoms with E-state index in [2.05, 4.69) is 5.32 Å². The van der Waals surface area contributed by atoms with Crippen LogP contribution in [0.2, 0.25) is 0 Å². The van der Waals surface area contributed by atoms with Crippen molar-refractivity contribution in [1.29, 1.82) is 0 Å². The molecule has 1 aliphatic rings. The number of ether oxygens (including phenoxy) is 1. The van der Waals surface area contributed by atoms with Crippen molar-refractivity contribution in [1.82, 2.24) is 5.32 Å². The Kier molecular flexibility index (Phi) is 3.60. The second-order valence-corrected chi connectivity index (χ2v) is 6.47. The van der Waals surface area contributed by atoms with E-state index in [0.29, 0.717) is 13.2 Å². The van der Waals surface area contributed by atoms with Gasteiger partial charge in [-0.05, 0) is 23.8 Å². The van der Waals surface area contributed by atoms with Crippen LogP contribution in [0.25, 0.3) is 10.4 Å². The summed E-state index contributed by atoms with van der Waals surface area (Å²) in [6.45, 7) is 1.06. The molecule has 23 heavy (non-hydrogen) atoms. The van der Waals surface area contributed by atoms with E-state index in [1.54, 1.807) is 0 Å². The maximum absolute atomic E-state index is 12.4. The number of thiophene rings is 1. The normalized spacial score (nSPS) is 12.0. The highest BCUT2D eigenvalue weighted by molar-refractivity contribution is 7.17. The highest BCUT2D eigenvalue weighted by atomic mass is 32.1. The second-order valence-electron chi connectivity index (χ2n) is 5.42. The van der Waals surface area contributed by atoms with Gasteiger partial charge in [0.1, 0.15) is 12.4 Å². The predicted molar refractivity (Wildman–Crippen MR) is 91.7 cm³/mol. The standard InChI is InChI=1S/C19H15NO2S/c21-19(20-11-13-6-2-1-3-7-13)17-10-14-12-22-16-9-5-4-8-15(16)18(14)23-17/h1-10H,11-12H2,(H,20,21). The summed E-state index contributed by atoms with van der Waals surface area (Å²) in [7, 11) is 0. The fourth-order valence-electron chi connectivity index (χ4n) is 2.68. The summed E-state index contributed by atoms with van der Waals surface area (Å²) < 4.78 is 5.75. The van der Waals surface area contributed by atoms with Gasteiger partial charge in [-0.2, -0.15) is 0 Å². The van der Waals surface area contributed by atoms with Crippen LogP contribution in [-0.4, -0.2) is 5.91 Å². The van der Waals surface area contributed by atoms with E-state index in [1.165, 1.54) is 11.3 Å². The molecule has 1 aromatic heterocycles. The molecule has 0 saturated carbocycles. The van der Waals surface area contributed by atoms with Crippen LogP contribution in [-0.2, 0) is 13.2 Å². The lowest BCUT2D eigenvalue weighted by Gasteiger charge is -2.16. The first-order valence-corrected chi connectivity index (χ1v) is 8.30. The van der Waals surface area contributed by atoms with Gasteiger partial charge in [0.05, 0.1) is 4.88 Å². The fraction of sp³-hybridized carbons (Fsp3) is 0.105. The summed E-state index contributed by atoms with van der Waals surface area (Å²) in [5.74, 6) is 0.851. The van der Waals surface area contributed by atoms with Crippen molar-refractivity contribution in [2.45, 2.75) is 13.2 Å². The Labute approximate surface area is 138 Å². The number of carbonyl (C=O) groups excluding carboxylic acids is 1. The summed E-state index contributed by atoms with van der Waals surface area (Å²) in [4.78, 5) is 14.3. The Hall–Kier alpha value is -2.59. The number of benzene rings is 2. The van der Waals surface area contributed by atoms with Gasteiger partial charge in [-0.3, -0.25) is 4.79 Å². The summed E-state index contributed by atoms with van der Waals surface area (Å²) in [6, 6.07) is 19.8. The van der Waals surface area contributed by atoms with Gasteiger partial charge in [0.25, 0.3) is 5.91 Å². The third kappa shape index (κ3) is 2.73. The Morgan fingerprint density at radius 1 is 1.09 bits per heavy atom. The van der Waals surface area contributed by atoms with Gasteiger partial charge in [0.15, 0.2) is 0 Å². The molecule has 3 nitrogen and oxygen atoms in total. The zero-order valence-electron chi connectivity index (χ0n) is 12.4. The average Bonchev–Trinajstić information content (AvgIpc) is 3.05. The number of nitrogens with one attached hydrogen (secondary N) is 1. The lowest BCUT2D eigenvalue weighted by atomic mass is 10.1. The summed E-state index contributed by atoms with van der Waals surface area (Å²) in [5, 5.41) is 2.98. The van der Waals surface area contributed by atoms with Crippen LogP contribution >= 0.6 is 11.3 Å². The number of para-hydroxylation sites is 1. The first-order valence-electron chi connectivity index (χ1n) is 7.48. The number of hydrogen-bond donors (Lipinski definition) is 1. The highest BCUT2D eigenvalue weighted by Gasteiger charge is 2.22. The molecule has 0 radical (unpaired) electrons. The smallest absolute Gasteiger partial charge is 0.261 e. The Morgan fingerprint density at radius 2 is 1.87 bits per heavy atom. The van der Waals surface area contributed by atoms with Crippen molar-refractivity contribution in [3.63, 3.8) is 0 Å². The average molecular weight is 321 g/mol. The molecule has 0 unspecified atom stereocenters. The molecule has 0 spiro atoms. The second kappa shape index (κ2) is 5.89. The summed E-state index contributed by atoms with van der Waals surface area (Å²) in [5.41, 5.74) is 3.25. The van der Waals surface area contributed by atoms with Crippen LogP contribution in [0.1, 0.15) is 20.8 Å². The molecule has 0 saturated heterocycles. The Bertz CT molecular complexity index is 855. The molecule has 1 amide bonds. The van der Waals surface area contributed by atoms with E-state index in [9.17, 15) is 4.79 Å². The van der Waals surface area contributed by atoms with E-state index < -0.39 is 0 Å². The van der Waals surface area contributed by atoms with Crippen LogP contribution in [0, 0.1) is 0 Å². The number of hydrogen-bond acceptors (Lipinski definition) is 3. The highest BCUT2D eigenvalue weighted by Crippen LogP contribution is 2.42. The minimum Gasteiger partial charge on any atom is -0.488 e. The molecule has 0 bridgehead atoms. The number of amides is 1. The van der Waals surface area contributed by atoms with E-state index in [-0.39, 0.29) is 5.91 Å². The van der Waals surface area contributed by atoms with E-state index in [4.69, 9.17) is 4.74 Å². The molecule has 2 heterocycles. The minimum atomic E-state index is -0.0364. The molecule has 1 aliphatic heterocycles. The molecule has 114 valence electrons. The third-order valence-corrected chi connectivity index (χ3v) is 5.05. The molecule has 4 rings (SSSR count). The van der Waals surface area contributed by atoms with Gasteiger partial charge in [0, 0.05) is 22.5 Å². The maximum atomic E-state index is 12.4. The monoisotopic (exact) mass is 321 g/mol. The van der Waals surface area contributed by atoms with Gasteiger partial charge in [-0.15, -0.1) is 11.3 Å². The first kappa shape index (κ1) is 14.0. The van der Waals surface area contributed by atoms with Crippen molar-refractivity contribution in [3.05, 3.63) is 76.7 Å². The molecule has 0 atom stereocenters. The van der Waals surface area contributed by atoms with Crippen molar-refractivity contribution in [3.8, 4) is 16.2 Å². The Balaban J connectivity index is 1.55.